The predicted octanol–water partition coefficient (Wildman–Crippen LogP) is 2.32. The Morgan fingerprint density at radius 3 is 2.83 bits per heavy atom. The standard InChI is InChI=1S/C14H19N3O/c1-11(12-5-4-6-14(18)7-12)16(2)9-13-8-15-10-17(13)3/h4-8,10-11,18H,9H2,1-3H3/t11-/m0/s1. The first-order valence-electron chi connectivity index (χ1n) is 6.02. The molecule has 1 N–H and O–H groups in total. The Kier molecular flexibility index (Phi) is 3.67. The normalized spacial score (nSPS) is 12.9. The van der Waals surface area contributed by atoms with Gasteiger partial charge in [-0.05, 0) is 31.7 Å². The molecular formula is C14H19N3O. The number of hydrogen-bond donors (Lipinski definition) is 1. The summed E-state index contributed by atoms with van der Waals surface area (Å²) in [5, 5.41) is 9.51. The Bertz CT molecular complexity index is 521. The summed E-state index contributed by atoms with van der Waals surface area (Å²) in [6, 6.07) is 7.65. The quantitative estimate of drug-likeness (QED) is 0.898. The van der Waals surface area contributed by atoms with Gasteiger partial charge in [0, 0.05) is 25.8 Å². The lowest BCUT2D eigenvalue weighted by molar-refractivity contribution is 0.247. The van der Waals surface area contributed by atoms with Gasteiger partial charge in [-0.3, -0.25) is 4.90 Å². The fraction of sp³-hybridized carbons (Fsp3) is 0.357. The van der Waals surface area contributed by atoms with Crippen molar-refractivity contribution in [3.8, 4) is 5.75 Å². The number of imidazole rings is 1. The molecule has 4 nitrogen and oxygen atoms in total. The van der Waals surface area contributed by atoms with Crippen LogP contribution in [0.2, 0.25) is 0 Å². The first-order chi connectivity index (χ1) is 8.58. The summed E-state index contributed by atoms with van der Waals surface area (Å²) < 4.78 is 2.02. The number of aromatic nitrogens is 2. The highest BCUT2D eigenvalue weighted by Gasteiger charge is 2.13. The van der Waals surface area contributed by atoms with E-state index in [1.807, 2.05) is 42.3 Å². The highest BCUT2D eigenvalue weighted by Crippen LogP contribution is 2.23. The zero-order valence-electron chi connectivity index (χ0n) is 11.0. The van der Waals surface area contributed by atoms with E-state index in [2.05, 4.69) is 23.9 Å². The summed E-state index contributed by atoms with van der Waals surface area (Å²) in [5.41, 5.74) is 2.28. The molecule has 4 heteroatoms. The molecule has 1 heterocycles. The minimum atomic E-state index is 0.243. The molecule has 2 aromatic rings. The van der Waals surface area contributed by atoms with Crippen molar-refractivity contribution in [2.45, 2.75) is 19.5 Å². The minimum absolute atomic E-state index is 0.243. The van der Waals surface area contributed by atoms with Gasteiger partial charge in [0.05, 0.1) is 12.0 Å². The second-order valence-corrected chi connectivity index (χ2v) is 4.68. The lowest BCUT2D eigenvalue weighted by Gasteiger charge is -2.25. The molecule has 0 radical (unpaired) electrons. The summed E-state index contributed by atoms with van der Waals surface area (Å²) in [5.74, 6) is 0.313. The van der Waals surface area contributed by atoms with Crippen LogP contribution in [-0.2, 0) is 13.6 Å². The Balaban J connectivity index is 2.09. The van der Waals surface area contributed by atoms with E-state index in [-0.39, 0.29) is 6.04 Å². The van der Waals surface area contributed by atoms with Crippen molar-refractivity contribution in [3.05, 3.63) is 48.0 Å². The minimum Gasteiger partial charge on any atom is -0.508 e. The first-order valence-corrected chi connectivity index (χ1v) is 6.02. The molecule has 0 spiro atoms. The van der Waals surface area contributed by atoms with Crippen molar-refractivity contribution in [1.29, 1.82) is 0 Å². The molecule has 0 aliphatic carbocycles. The maximum atomic E-state index is 9.51. The highest BCUT2D eigenvalue weighted by atomic mass is 16.3. The summed E-state index contributed by atoms with van der Waals surface area (Å²) in [4.78, 5) is 6.35. The number of nitrogens with zero attached hydrogens (tertiary/aromatic N) is 3. The average Bonchev–Trinajstić information content (AvgIpc) is 2.74. The number of benzene rings is 1. The van der Waals surface area contributed by atoms with Crippen LogP contribution in [0.5, 0.6) is 5.75 Å². The zero-order chi connectivity index (χ0) is 13.1. The number of aryl methyl sites for hydroxylation is 1. The Morgan fingerprint density at radius 2 is 2.22 bits per heavy atom. The van der Waals surface area contributed by atoms with Crippen molar-refractivity contribution in [3.63, 3.8) is 0 Å². The number of phenols is 1. The van der Waals surface area contributed by atoms with E-state index >= 15 is 0 Å². The molecule has 1 aromatic carbocycles. The van der Waals surface area contributed by atoms with Gasteiger partial charge in [-0.15, -0.1) is 0 Å². The number of aromatic hydroxyl groups is 1. The maximum Gasteiger partial charge on any atom is 0.115 e. The van der Waals surface area contributed by atoms with E-state index in [9.17, 15) is 5.11 Å². The van der Waals surface area contributed by atoms with Gasteiger partial charge < -0.3 is 9.67 Å². The van der Waals surface area contributed by atoms with Crippen LogP contribution in [0.3, 0.4) is 0 Å². The molecule has 0 fully saturated rings. The molecule has 0 amide bonds. The van der Waals surface area contributed by atoms with Crippen molar-refractivity contribution in [2.75, 3.05) is 7.05 Å². The first kappa shape index (κ1) is 12.6. The summed E-state index contributed by atoms with van der Waals surface area (Å²) in [6.45, 7) is 2.96. The topological polar surface area (TPSA) is 41.3 Å². The maximum absolute atomic E-state index is 9.51. The zero-order valence-corrected chi connectivity index (χ0v) is 11.0. The van der Waals surface area contributed by atoms with Crippen molar-refractivity contribution >= 4 is 0 Å². The van der Waals surface area contributed by atoms with E-state index in [4.69, 9.17) is 0 Å². The Labute approximate surface area is 108 Å². The van der Waals surface area contributed by atoms with Crippen LogP contribution in [-0.4, -0.2) is 26.6 Å². The van der Waals surface area contributed by atoms with Crippen molar-refractivity contribution in [2.24, 2.45) is 7.05 Å². The molecule has 0 saturated heterocycles. The number of rotatable bonds is 4. The van der Waals surface area contributed by atoms with E-state index < -0.39 is 0 Å². The second kappa shape index (κ2) is 5.23. The van der Waals surface area contributed by atoms with Crippen LogP contribution in [0.4, 0.5) is 0 Å². The van der Waals surface area contributed by atoms with E-state index in [0.29, 0.717) is 5.75 Å². The third kappa shape index (κ3) is 2.71. The molecule has 1 aromatic heterocycles. The van der Waals surface area contributed by atoms with Crippen molar-refractivity contribution < 1.29 is 5.11 Å². The molecule has 0 aliphatic heterocycles. The van der Waals surface area contributed by atoms with Crippen LogP contribution in [0.1, 0.15) is 24.2 Å². The van der Waals surface area contributed by atoms with Crippen LogP contribution >= 0.6 is 0 Å². The number of hydrogen-bond acceptors (Lipinski definition) is 3. The lowest BCUT2D eigenvalue weighted by Crippen LogP contribution is -2.23. The molecule has 18 heavy (non-hydrogen) atoms. The summed E-state index contributed by atoms with van der Waals surface area (Å²) >= 11 is 0. The van der Waals surface area contributed by atoms with Gasteiger partial charge in [0.25, 0.3) is 0 Å². The lowest BCUT2D eigenvalue weighted by atomic mass is 10.1. The Morgan fingerprint density at radius 1 is 1.44 bits per heavy atom. The second-order valence-electron chi connectivity index (χ2n) is 4.68. The van der Waals surface area contributed by atoms with E-state index in [1.165, 1.54) is 5.69 Å². The van der Waals surface area contributed by atoms with Gasteiger partial charge in [-0.2, -0.15) is 0 Å². The van der Waals surface area contributed by atoms with E-state index in [1.54, 1.807) is 6.07 Å². The van der Waals surface area contributed by atoms with Gasteiger partial charge in [0.1, 0.15) is 5.75 Å². The molecule has 0 unspecified atom stereocenters. The molecule has 0 bridgehead atoms. The third-order valence-corrected chi connectivity index (χ3v) is 3.34. The van der Waals surface area contributed by atoms with Crippen LogP contribution in [0.15, 0.2) is 36.8 Å². The van der Waals surface area contributed by atoms with Crippen molar-refractivity contribution in [1.82, 2.24) is 14.5 Å². The fourth-order valence-electron chi connectivity index (χ4n) is 1.97. The molecule has 1 atom stereocenters. The fourth-order valence-corrected chi connectivity index (χ4v) is 1.97. The summed E-state index contributed by atoms with van der Waals surface area (Å²) in [6.07, 6.45) is 3.69. The largest absolute Gasteiger partial charge is 0.508 e. The van der Waals surface area contributed by atoms with Gasteiger partial charge in [-0.1, -0.05) is 12.1 Å². The Hall–Kier alpha value is -1.81. The smallest absolute Gasteiger partial charge is 0.115 e. The average molecular weight is 245 g/mol. The van der Waals surface area contributed by atoms with Crippen LogP contribution < -0.4 is 0 Å². The van der Waals surface area contributed by atoms with Gasteiger partial charge in [0.15, 0.2) is 0 Å². The highest BCUT2D eigenvalue weighted by molar-refractivity contribution is 5.29. The summed E-state index contributed by atoms with van der Waals surface area (Å²) in [7, 11) is 4.07. The SMILES string of the molecule is C[C@@H](c1cccc(O)c1)N(C)Cc1cncn1C. The van der Waals surface area contributed by atoms with Gasteiger partial charge in [-0.25, -0.2) is 4.98 Å². The monoisotopic (exact) mass is 245 g/mol. The molecule has 2 rings (SSSR count). The number of phenolic OH excluding ortho intramolecular Hbond substituents is 1. The molecule has 0 saturated carbocycles. The van der Waals surface area contributed by atoms with Crippen LogP contribution in [0.25, 0.3) is 0 Å². The van der Waals surface area contributed by atoms with Crippen LogP contribution in [0, 0.1) is 0 Å². The molecular weight excluding hydrogens is 226 g/mol. The molecule has 96 valence electrons. The molecule has 0 aliphatic rings. The third-order valence-electron chi connectivity index (χ3n) is 3.34. The van der Waals surface area contributed by atoms with E-state index in [0.717, 1.165) is 12.1 Å². The predicted molar refractivity (Wildman–Crippen MR) is 71.2 cm³/mol. The van der Waals surface area contributed by atoms with Gasteiger partial charge in [0.2, 0.25) is 0 Å². The van der Waals surface area contributed by atoms with Gasteiger partial charge >= 0.3 is 0 Å².